The van der Waals surface area contributed by atoms with Gasteiger partial charge in [-0.25, -0.2) is 14.8 Å². The van der Waals surface area contributed by atoms with E-state index >= 15 is 0 Å². The van der Waals surface area contributed by atoms with Crippen LogP contribution >= 0.6 is 11.3 Å². The van der Waals surface area contributed by atoms with E-state index in [2.05, 4.69) is 36.5 Å². The molecule has 2 N–H and O–H groups in total. The van der Waals surface area contributed by atoms with E-state index in [0.717, 1.165) is 31.4 Å². The van der Waals surface area contributed by atoms with Crippen LogP contribution < -0.4 is 10.1 Å². The van der Waals surface area contributed by atoms with Crippen LogP contribution in [0.4, 0.5) is 24.3 Å². The number of benzene rings is 2. The molecular formula is C22H20F3N5O3S. The largest absolute Gasteiger partial charge is 0.573 e. The maximum Gasteiger partial charge on any atom is 0.573 e. The molecule has 34 heavy (non-hydrogen) atoms. The molecule has 1 saturated heterocycles. The molecule has 1 aliphatic heterocycles. The maximum atomic E-state index is 12.6. The lowest BCUT2D eigenvalue weighted by molar-refractivity contribution is -0.274. The molecule has 0 aliphatic carbocycles. The number of thiazole rings is 1. The van der Waals surface area contributed by atoms with Crippen molar-refractivity contribution in [3.63, 3.8) is 0 Å². The molecule has 178 valence electrons. The van der Waals surface area contributed by atoms with E-state index < -0.39 is 12.3 Å². The average Bonchev–Trinajstić information content (AvgIpc) is 3.32. The van der Waals surface area contributed by atoms with Crippen molar-refractivity contribution >= 4 is 49.6 Å². The lowest BCUT2D eigenvalue weighted by Gasteiger charge is -2.31. The number of piperidine rings is 1. The Labute approximate surface area is 195 Å². The number of aromatic nitrogens is 3. The summed E-state index contributed by atoms with van der Waals surface area (Å²) in [4.78, 5) is 22.8. The number of hydrogen-bond donors (Lipinski definition) is 2. The van der Waals surface area contributed by atoms with Crippen LogP contribution in [0.5, 0.6) is 5.75 Å². The molecule has 5 rings (SSSR count). The van der Waals surface area contributed by atoms with Crippen molar-refractivity contribution in [2.75, 3.05) is 25.5 Å². The molecule has 0 amide bonds. The van der Waals surface area contributed by atoms with Gasteiger partial charge in [-0.15, -0.1) is 13.2 Å². The third kappa shape index (κ3) is 4.50. The Morgan fingerprint density at radius 3 is 2.62 bits per heavy atom. The molecule has 2 aromatic heterocycles. The van der Waals surface area contributed by atoms with Crippen molar-refractivity contribution in [2.45, 2.75) is 25.2 Å². The highest BCUT2D eigenvalue weighted by Crippen LogP contribution is 2.36. The molecule has 0 spiro atoms. The second kappa shape index (κ2) is 8.44. The third-order valence-corrected chi connectivity index (χ3v) is 6.74. The van der Waals surface area contributed by atoms with Gasteiger partial charge in [0, 0.05) is 12.1 Å². The van der Waals surface area contributed by atoms with E-state index in [-0.39, 0.29) is 17.4 Å². The van der Waals surface area contributed by atoms with Gasteiger partial charge in [-0.1, -0.05) is 11.3 Å². The standard InChI is InChI=1S/C22H20F3N5O3S/c1-29-8-6-13(7-9-29)30-17-5-2-12(19(31)32)10-16(17)26-20(30)28-21-27-15-4-3-14(11-18(15)34-21)33-22(23,24)25/h2-5,10-11,13H,6-9H2,1H3,(H,31,32)(H,26,27,28). The number of nitrogens with one attached hydrogen (secondary N) is 1. The van der Waals surface area contributed by atoms with E-state index in [1.54, 1.807) is 12.1 Å². The first kappa shape index (κ1) is 22.4. The molecule has 0 radical (unpaired) electrons. The van der Waals surface area contributed by atoms with Gasteiger partial charge in [0.25, 0.3) is 0 Å². The molecule has 8 nitrogen and oxygen atoms in total. The quantitative estimate of drug-likeness (QED) is 0.394. The summed E-state index contributed by atoms with van der Waals surface area (Å²) in [5.74, 6) is -0.832. The second-order valence-electron chi connectivity index (χ2n) is 8.17. The number of anilines is 2. The monoisotopic (exact) mass is 491 g/mol. The van der Waals surface area contributed by atoms with E-state index in [1.807, 2.05) is 0 Å². The number of carboxylic acids is 1. The second-order valence-corrected chi connectivity index (χ2v) is 9.20. The number of aromatic carboxylic acids is 1. The molecule has 0 bridgehead atoms. The van der Waals surface area contributed by atoms with Gasteiger partial charge in [0.2, 0.25) is 5.95 Å². The molecule has 12 heteroatoms. The number of nitrogens with zero attached hydrogens (tertiary/aromatic N) is 4. The number of alkyl halides is 3. The average molecular weight is 491 g/mol. The summed E-state index contributed by atoms with van der Waals surface area (Å²) < 4.78 is 44.3. The Kier molecular flexibility index (Phi) is 5.56. The molecule has 4 aromatic rings. The first-order valence-corrected chi connectivity index (χ1v) is 11.3. The zero-order valence-electron chi connectivity index (χ0n) is 18.0. The fourth-order valence-corrected chi connectivity index (χ4v) is 5.08. The van der Waals surface area contributed by atoms with Crippen molar-refractivity contribution in [2.24, 2.45) is 0 Å². The van der Waals surface area contributed by atoms with Crippen LogP contribution in [0.1, 0.15) is 29.2 Å². The lowest BCUT2D eigenvalue weighted by Crippen LogP contribution is -2.31. The van der Waals surface area contributed by atoms with Gasteiger partial charge >= 0.3 is 12.3 Å². The number of rotatable bonds is 5. The van der Waals surface area contributed by atoms with Crippen LogP contribution in [0, 0.1) is 0 Å². The molecular weight excluding hydrogens is 471 g/mol. The number of carboxylic acid groups (broad SMARTS) is 1. The highest BCUT2D eigenvalue weighted by Gasteiger charge is 2.31. The van der Waals surface area contributed by atoms with Crippen LogP contribution in [0.2, 0.25) is 0 Å². The van der Waals surface area contributed by atoms with Crippen molar-refractivity contribution in [1.82, 2.24) is 19.4 Å². The SMILES string of the molecule is CN1CCC(n2c(Nc3nc4ccc(OC(F)(F)F)cc4s3)nc3cc(C(=O)O)ccc32)CC1. The van der Waals surface area contributed by atoms with Gasteiger partial charge in [-0.05, 0) is 63.3 Å². The minimum Gasteiger partial charge on any atom is -0.478 e. The minimum atomic E-state index is -4.77. The molecule has 0 atom stereocenters. The van der Waals surface area contributed by atoms with E-state index in [9.17, 15) is 23.1 Å². The Bertz CT molecular complexity index is 1380. The van der Waals surface area contributed by atoms with Crippen LogP contribution in [0.3, 0.4) is 0 Å². The van der Waals surface area contributed by atoms with Crippen molar-refractivity contribution in [1.29, 1.82) is 0 Å². The van der Waals surface area contributed by atoms with Crippen LogP contribution in [-0.2, 0) is 0 Å². The number of halogens is 3. The molecule has 0 unspecified atom stereocenters. The number of carbonyl (C=O) groups is 1. The van der Waals surface area contributed by atoms with Gasteiger partial charge < -0.3 is 24.6 Å². The van der Waals surface area contributed by atoms with Crippen molar-refractivity contribution < 1.29 is 27.8 Å². The molecule has 3 heterocycles. The zero-order chi connectivity index (χ0) is 24.0. The summed E-state index contributed by atoms with van der Waals surface area (Å²) in [5, 5.41) is 13.0. The van der Waals surface area contributed by atoms with Crippen LogP contribution in [0.25, 0.3) is 21.3 Å². The summed E-state index contributed by atoms with van der Waals surface area (Å²) in [6.45, 7) is 1.83. The molecule has 1 aliphatic rings. The van der Waals surface area contributed by atoms with Gasteiger partial charge in [0.05, 0.1) is 26.8 Å². The number of hydrogen-bond acceptors (Lipinski definition) is 7. The Hall–Kier alpha value is -3.38. The summed E-state index contributed by atoms with van der Waals surface area (Å²) >= 11 is 1.18. The third-order valence-electron chi connectivity index (χ3n) is 5.80. The molecule has 2 aromatic carbocycles. The first-order chi connectivity index (χ1) is 16.2. The summed E-state index contributed by atoms with van der Waals surface area (Å²) in [6.07, 6.45) is -2.97. The normalized spacial score (nSPS) is 15.8. The Morgan fingerprint density at radius 2 is 1.91 bits per heavy atom. The number of ether oxygens (including phenoxy) is 1. The molecule has 1 fully saturated rings. The van der Waals surface area contributed by atoms with Crippen molar-refractivity contribution in [3.8, 4) is 5.75 Å². The Balaban J connectivity index is 1.52. The topological polar surface area (TPSA) is 92.5 Å². The number of imidazole rings is 1. The van der Waals surface area contributed by atoms with Crippen LogP contribution in [0.15, 0.2) is 36.4 Å². The van der Waals surface area contributed by atoms with Gasteiger partial charge in [-0.2, -0.15) is 0 Å². The molecule has 0 saturated carbocycles. The first-order valence-electron chi connectivity index (χ1n) is 10.5. The smallest absolute Gasteiger partial charge is 0.478 e. The summed E-state index contributed by atoms with van der Waals surface area (Å²) in [7, 11) is 2.07. The highest BCUT2D eigenvalue weighted by atomic mass is 32.1. The number of fused-ring (bicyclic) bond motifs is 2. The number of likely N-dealkylation sites (tertiary alicyclic amines) is 1. The summed E-state index contributed by atoms with van der Waals surface area (Å²) in [5.41, 5.74) is 2.02. The van der Waals surface area contributed by atoms with Crippen molar-refractivity contribution in [3.05, 3.63) is 42.0 Å². The van der Waals surface area contributed by atoms with Gasteiger partial charge in [0.1, 0.15) is 5.75 Å². The fourth-order valence-electron chi connectivity index (χ4n) is 4.19. The predicted molar refractivity (Wildman–Crippen MR) is 122 cm³/mol. The lowest BCUT2D eigenvalue weighted by atomic mass is 10.0. The van der Waals surface area contributed by atoms with E-state index in [1.165, 1.54) is 35.6 Å². The predicted octanol–water partition coefficient (Wildman–Crippen LogP) is 5.25. The van der Waals surface area contributed by atoms with E-state index in [4.69, 9.17) is 0 Å². The maximum absolute atomic E-state index is 12.6. The fraction of sp³-hybridized carbons (Fsp3) is 0.318. The highest BCUT2D eigenvalue weighted by molar-refractivity contribution is 7.22. The van der Waals surface area contributed by atoms with Crippen LogP contribution in [-0.4, -0.2) is 57.0 Å². The Morgan fingerprint density at radius 1 is 1.15 bits per heavy atom. The summed E-state index contributed by atoms with van der Waals surface area (Å²) in [6, 6.07) is 8.99. The minimum absolute atomic E-state index is 0.143. The zero-order valence-corrected chi connectivity index (χ0v) is 18.8. The van der Waals surface area contributed by atoms with Gasteiger partial charge in [-0.3, -0.25) is 0 Å². The van der Waals surface area contributed by atoms with E-state index in [0.29, 0.717) is 26.8 Å². The van der Waals surface area contributed by atoms with Gasteiger partial charge in [0.15, 0.2) is 5.13 Å².